The molecule has 0 unspecified atom stereocenters. The molecule has 188 valence electrons. The molecule has 0 spiro atoms. The first-order chi connectivity index (χ1) is 17.6. The number of hydrogen-bond acceptors (Lipinski definition) is 5. The fourth-order valence-corrected chi connectivity index (χ4v) is 5.62. The van der Waals surface area contributed by atoms with Crippen LogP contribution in [0.25, 0.3) is 10.9 Å². The average Bonchev–Trinajstić information content (AvgIpc) is 3.35. The molecule has 1 saturated carbocycles. The first-order valence-electron chi connectivity index (χ1n) is 13.3. The van der Waals surface area contributed by atoms with E-state index < -0.39 is 0 Å². The quantitative estimate of drug-likeness (QED) is 0.337. The number of benzene rings is 2. The van der Waals surface area contributed by atoms with Crippen molar-refractivity contribution in [3.8, 4) is 0 Å². The van der Waals surface area contributed by atoms with Crippen LogP contribution in [0, 0.1) is 6.92 Å². The van der Waals surface area contributed by atoms with Crippen molar-refractivity contribution < 1.29 is 0 Å². The molecule has 5 rings (SSSR count). The minimum absolute atomic E-state index is 0.00645. The molecule has 2 heterocycles. The van der Waals surface area contributed by atoms with Crippen molar-refractivity contribution in [3.63, 3.8) is 0 Å². The van der Waals surface area contributed by atoms with E-state index in [0.717, 1.165) is 53.5 Å². The Balaban J connectivity index is 1.52. The van der Waals surface area contributed by atoms with E-state index in [1.54, 1.807) is 0 Å². The lowest BCUT2D eigenvalue weighted by Crippen LogP contribution is -2.41. The zero-order chi connectivity index (χ0) is 24.9. The van der Waals surface area contributed by atoms with Crippen molar-refractivity contribution in [2.24, 2.45) is 0 Å². The lowest BCUT2D eigenvalue weighted by molar-refractivity contribution is 0.0812. The molecule has 0 radical (unpaired) electrons. The molecule has 1 atom stereocenters. The Morgan fingerprint density at radius 1 is 1.08 bits per heavy atom. The predicted octanol–water partition coefficient (Wildman–Crippen LogP) is 5.55. The summed E-state index contributed by atoms with van der Waals surface area (Å²) in [6.45, 7) is 5.48. The monoisotopic (exact) mass is 484 g/mol. The minimum Gasteiger partial charge on any atom is -0.322 e. The van der Waals surface area contributed by atoms with Gasteiger partial charge in [0.2, 0.25) is 0 Å². The largest absolute Gasteiger partial charge is 0.322 e. The second-order valence-electron chi connectivity index (χ2n) is 10.2. The van der Waals surface area contributed by atoms with Gasteiger partial charge in [-0.05, 0) is 65.3 Å². The van der Waals surface area contributed by atoms with Gasteiger partial charge in [-0.3, -0.25) is 9.69 Å². The summed E-state index contributed by atoms with van der Waals surface area (Å²) in [5, 5.41) is 14.1. The highest BCUT2D eigenvalue weighted by Gasteiger charge is 2.32. The lowest BCUT2D eigenvalue weighted by Gasteiger charge is -2.39. The lowest BCUT2D eigenvalue weighted by atomic mass is 9.91. The van der Waals surface area contributed by atoms with Crippen LogP contribution in [-0.2, 0) is 13.1 Å². The third-order valence-electron chi connectivity index (χ3n) is 7.47. The standard InChI is InChI=1S/C29H36N6O/c1-3-10-27(28-31-32-33-35(28)19-22-11-6-4-7-12-22)34(25-13-8-5-9-14-25)20-24-18-23-16-15-21(2)17-26(23)30-29(24)36/h4,6-7,11-12,15-18,25,27H,3,5,8-10,13-14,19-20H2,1-2H3,(H,30,36)/t27-/m0/s1. The van der Waals surface area contributed by atoms with Gasteiger partial charge < -0.3 is 4.98 Å². The van der Waals surface area contributed by atoms with Crippen LogP contribution >= 0.6 is 0 Å². The van der Waals surface area contributed by atoms with Gasteiger partial charge in [-0.25, -0.2) is 4.68 Å². The molecule has 0 saturated heterocycles. The number of hydrogen-bond donors (Lipinski definition) is 1. The topological polar surface area (TPSA) is 79.7 Å². The smallest absolute Gasteiger partial charge is 0.252 e. The second kappa shape index (κ2) is 11.2. The fourth-order valence-electron chi connectivity index (χ4n) is 5.62. The molecule has 1 fully saturated rings. The maximum Gasteiger partial charge on any atom is 0.252 e. The Bertz CT molecular complexity index is 1340. The van der Waals surface area contributed by atoms with Crippen LogP contribution < -0.4 is 5.56 Å². The number of nitrogens with one attached hydrogen (secondary N) is 1. The molecule has 0 aliphatic heterocycles. The molecule has 0 bridgehead atoms. The number of tetrazole rings is 1. The Kier molecular flexibility index (Phi) is 7.56. The molecular weight excluding hydrogens is 448 g/mol. The molecule has 0 amide bonds. The summed E-state index contributed by atoms with van der Waals surface area (Å²) >= 11 is 0. The summed E-state index contributed by atoms with van der Waals surface area (Å²) in [7, 11) is 0. The summed E-state index contributed by atoms with van der Waals surface area (Å²) < 4.78 is 1.94. The first-order valence-corrected chi connectivity index (χ1v) is 13.3. The van der Waals surface area contributed by atoms with Gasteiger partial charge in [-0.1, -0.05) is 75.1 Å². The van der Waals surface area contributed by atoms with Gasteiger partial charge >= 0.3 is 0 Å². The van der Waals surface area contributed by atoms with Gasteiger partial charge in [0.15, 0.2) is 5.82 Å². The number of pyridine rings is 1. The van der Waals surface area contributed by atoms with Gasteiger partial charge in [0, 0.05) is 23.7 Å². The molecule has 4 aromatic rings. The Morgan fingerprint density at radius 3 is 2.67 bits per heavy atom. The molecule has 1 N–H and O–H groups in total. The number of aromatic nitrogens is 5. The van der Waals surface area contributed by atoms with Crippen molar-refractivity contribution >= 4 is 10.9 Å². The van der Waals surface area contributed by atoms with Crippen LogP contribution in [0.2, 0.25) is 0 Å². The number of nitrogens with zero attached hydrogens (tertiary/aromatic N) is 5. The molecule has 7 nitrogen and oxygen atoms in total. The van der Waals surface area contributed by atoms with E-state index in [4.69, 9.17) is 0 Å². The van der Waals surface area contributed by atoms with Crippen LogP contribution in [0.3, 0.4) is 0 Å². The summed E-state index contributed by atoms with van der Waals surface area (Å²) in [6, 6.07) is 19.1. The normalized spacial score (nSPS) is 15.5. The Morgan fingerprint density at radius 2 is 1.89 bits per heavy atom. The summed E-state index contributed by atoms with van der Waals surface area (Å²) in [4.78, 5) is 18.9. The molecule has 7 heteroatoms. The van der Waals surface area contributed by atoms with Gasteiger partial charge in [-0.2, -0.15) is 0 Å². The fraction of sp³-hybridized carbons (Fsp3) is 0.448. The molecule has 36 heavy (non-hydrogen) atoms. The minimum atomic E-state index is -0.00645. The van der Waals surface area contributed by atoms with Gasteiger partial charge in [0.05, 0.1) is 12.6 Å². The zero-order valence-corrected chi connectivity index (χ0v) is 21.4. The van der Waals surface area contributed by atoms with E-state index in [1.165, 1.54) is 24.8 Å². The van der Waals surface area contributed by atoms with Crippen LogP contribution in [0.4, 0.5) is 0 Å². The molecule has 2 aromatic carbocycles. The number of rotatable bonds is 9. The maximum absolute atomic E-state index is 13.2. The summed E-state index contributed by atoms with van der Waals surface area (Å²) in [5.41, 5.74) is 4.01. The van der Waals surface area contributed by atoms with E-state index in [-0.39, 0.29) is 11.6 Å². The van der Waals surface area contributed by atoms with Crippen LogP contribution in [0.15, 0.2) is 59.4 Å². The second-order valence-corrected chi connectivity index (χ2v) is 10.2. The highest BCUT2D eigenvalue weighted by atomic mass is 16.1. The zero-order valence-electron chi connectivity index (χ0n) is 21.4. The average molecular weight is 485 g/mol. The number of aromatic amines is 1. The van der Waals surface area contributed by atoms with Gasteiger partial charge in [0.25, 0.3) is 5.56 Å². The molecule has 1 aliphatic rings. The first kappa shape index (κ1) is 24.4. The molecule has 2 aromatic heterocycles. The Hall–Kier alpha value is -3.32. The van der Waals surface area contributed by atoms with Gasteiger partial charge in [-0.15, -0.1) is 5.10 Å². The number of H-pyrrole nitrogens is 1. The summed E-state index contributed by atoms with van der Waals surface area (Å²) in [6.07, 6.45) is 7.97. The number of fused-ring (bicyclic) bond motifs is 1. The third kappa shape index (κ3) is 5.41. The van der Waals surface area contributed by atoms with E-state index in [1.807, 2.05) is 35.9 Å². The maximum atomic E-state index is 13.2. The van der Waals surface area contributed by atoms with E-state index in [0.29, 0.717) is 19.1 Å². The van der Waals surface area contributed by atoms with Crippen molar-refractivity contribution in [2.45, 2.75) is 84.0 Å². The Labute approximate surface area is 212 Å². The van der Waals surface area contributed by atoms with Crippen molar-refractivity contribution in [1.82, 2.24) is 30.1 Å². The van der Waals surface area contributed by atoms with E-state index in [2.05, 4.69) is 62.7 Å². The van der Waals surface area contributed by atoms with Crippen molar-refractivity contribution in [3.05, 3.63) is 87.5 Å². The highest BCUT2D eigenvalue weighted by molar-refractivity contribution is 5.79. The highest BCUT2D eigenvalue weighted by Crippen LogP contribution is 2.34. The van der Waals surface area contributed by atoms with E-state index >= 15 is 0 Å². The predicted molar refractivity (Wildman–Crippen MR) is 143 cm³/mol. The number of aryl methyl sites for hydroxylation is 1. The molecule has 1 aliphatic carbocycles. The van der Waals surface area contributed by atoms with Crippen molar-refractivity contribution in [1.29, 1.82) is 0 Å². The van der Waals surface area contributed by atoms with Crippen molar-refractivity contribution in [2.75, 3.05) is 0 Å². The van der Waals surface area contributed by atoms with Crippen LogP contribution in [0.5, 0.6) is 0 Å². The van der Waals surface area contributed by atoms with Crippen LogP contribution in [-0.4, -0.2) is 36.1 Å². The molecular formula is C29H36N6O. The third-order valence-corrected chi connectivity index (χ3v) is 7.47. The summed E-state index contributed by atoms with van der Waals surface area (Å²) in [5.74, 6) is 0.888. The van der Waals surface area contributed by atoms with E-state index in [9.17, 15) is 4.79 Å². The van der Waals surface area contributed by atoms with Crippen LogP contribution in [0.1, 0.15) is 80.4 Å². The SMILES string of the molecule is CCC[C@@H](c1nnnn1Cc1ccccc1)N(Cc1cc2ccc(C)cc2[nH]c1=O)C1CCCCC1. The van der Waals surface area contributed by atoms with Gasteiger partial charge in [0.1, 0.15) is 0 Å².